The summed E-state index contributed by atoms with van der Waals surface area (Å²) < 4.78 is 0. The van der Waals surface area contributed by atoms with Crippen LogP contribution >= 0.6 is 11.6 Å². The van der Waals surface area contributed by atoms with Crippen LogP contribution in [0.15, 0.2) is 102 Å². The SMILES string of the molecule is C=C(/C=C(Nc1ccccc1NC(C)C)\C(Cl)=C/CC)Nc1ccc(-c2cccc(O)c2)c(C)c1. The molecule has 3 aromatic rings. The van der Waals surface area contributed by atoms with Gasteiger partial charge in [0.25, 0.3) is 0 Å². The first-order valence-electron chi connectivity index (χ1n) is 11.8. The van der Waals surface area contributed by atoms with E-state index in [4.69, 9.17) is 11.6 Å². The second-order valence-corrected chi connectivity index (χ2v) is 9.13. The van der Waals surface area contributed by atoms with Crippen LogP contribution in [-0.2, 0) is 0 Å². The van der Waals surface area contributed by atoms with Crippen molar-refractivity contribution in [3.8, 4) is 16.9 Å². The van der Waals surface area contributed by atoms with E-state index in [-0.39, 0.29) is 5.75 Å². The van der Waals surface area contributed by atoms with Gasteiger partial charge in [0.15, 0.2) is 0 Å². The fourth-order valence-electron chi connectivity index (χ4n) is 3.76. The second kappa shape index (κ2) is 12.2. The standard InChI is InChI=1S/C30H34ClN3O/c1-6-10-27(31)30(34-29-14-8-7-13-28(29)32-20(2)3)18-22(5)33-24-15-16-26(21(4)17-24)23-11-9-12-25(35)19-23/h7-20,32-35H,5-6H2,1-4H3/b27-10+,30-18+. The van der Waals surface area contributed by atoms with Gasteiger partial charge in [0, 0.05) is 17.4 Å². The summed E-state index contributed by atoms with van der Waals surface area (Å²) in [5.41, 5.74) is 7.46. The summed E-state index contributed by atoms with van der Waals surface area (Å²) >= 11 is 6.65. The van der Waals surface area contributed by atoms with Crippen LogP contribution in [0.5, 0.6) is 5.75 Å². The lowest BCUT2D eigenvalue weighted by atomic mass is 10.00. The summed E-state index contributed by atoms with van der Waals surface area (Å²) in [6.07, 6.45) is 4.71. The van der Waals surface area contributed by atoms with Crippen molar-refractivity contribution in [2.75, 3.05) is 16.0 Å². The highest BCUT2D eigenvalue weighted by Crippen LogP contribution is 2.30. The molecule has 3 rings (SSSR count). The van der Waals surface area contributed by atoms with Crippen molar-refractivity contribution in [2.24, 2.45) is 0 Å². The predicted octanol–water partition coefficient (Wildman–Crippen LogP) is 8.64. The van der Waals surface area contributed by atoms with E-state index in [1.165, 1.54) is 0 Å². The maximum atomic E-state index is 9.82. The van der Waals surface area contributed by atoms with Crippen LogP contribution in [-0.4, -0.2) is 11.1 Å². The fourth-order valence-corrected chi connectivity index (χ4v) is 4.02. The Morgan fingerprint density at radius 3 is 2.40 bits per heavy atom. The van der Waals surface area contributed by atoms with Crippen molar-refractivity contribution in [1.29, 1.82) is 0 Å². The first-order chi connectivity index (χ1) is 16.8. The number of hydrogen-bond donors (Lipinski definition) is 4. The summed E-state index contributed by atoms with van der Waals surface area (Å²) in [7, 11) is 0. The minimum absolute atomic E-state index is 0.254. The maximum absolute atomic E-state index is 9.82. The Balaban J connectivity index is 1.84. The third-order valence-electron chi connectivity index (χ3n) is 5.29. The Morgan fingerprint density at radius 1 is 1.00 bits per heavy atom. The molecule has 0 radical (unpaired) electrons. The van der Waals surface area contributed by atoms with Gasteiger partial charge in [-0.1, -0.05) is 61.5 Å². The summed E-state index contributed by atoms with van der Waals surface area (Å²) in [5.74, 6) is 0.254. The number of rotatable bonds is 10. The van der Waals surface area contributed by atoms with Crippen molar-refractivity contribution < 1.29 is 5.11 Å². The molecule has 0 aliphatic heterocycles. The van der Waals surface area contributed by atoms with Crippen molar-refractivity contribution in [1.82, 2.24) is 0 Å². The molecule has 0 aliphatic carbocycles. The summed E-state index contributed by atoms with van der Waals surface area (Å²) in [6.45, 7) is 12.5. The number of halogens is 1. The minimum Gasteiger partial charge on any atom is -0.508 e. The highest BCUT2D eigenvalue weighted by Gasteiger charge is 2.09. The Kier molecular flexibility index (Phi) is 9.04. The number of hydrogen-bond acceptors (Lipinski definition) is 4. The van der Waals surface area contributed by atoms with Gasteiger partial charge in [-0.05, 0) is 86.4 Å². The van der Waals surface area contributed by atoms with Gasteiger partial charge in [0.2, 0.25) is 0 Å². The van der Waals surface area contributed by atoms with E-state index in [1.54, 1.807) is 12.1 Å². The van der Waals surface area contributed by atoms with E-state index in [2.05, 4.69) is 56.3 Å². The third-order valence-corrected chi connectivity index (χ3v) is 5.65. The lowest BCUT2D eigenvalue weighted by Gasteiger charge is -2.18. The van der Waals surface area contributed by atoms with Crippen LogP contribution < -0.4 is 16.0 Å². The molecular formula is C30H34ClN3O. The molecule has 0 fully saturated rings. The molecule has 0 amide bonds. The first-order valence-corrected chi connectivity index (χ1v) is 12.2. The van der Waals surface area contributed by atoms with Crippen LogP contribution in [0, 0.1) is 6.92 Å². The smallest absolute Gasteiger partial charge is 0.116 e. The van der Waals surface area contributed by atoms with Crippen LogP contribution in [0.1, 0.15) is 32.8 Å². The summed E-state index contributed by atoms with van der Waals surface area (Å²) in [4.78, 5) is 0. The quantitative estimate of drug-likeness (QED) is 0.216. The molecule has 4 nitrogen and oxygen atoms in total. The molecule has 0 unspecified atom stereocenters. The van der Waals surface area contributed by atoms with E-state index in [0.29, 0.717) is 16.8 Å². The lowest BCUT2D eigenvalue weighted by molar-refractivity contribution is 0.475. The monoisotopic (exact) mass is 487 g/mol. The number of nitrogens with one attached hydrogen (secondary N) is 3. The average molecular weight is 488 g/mol. The van der Waals surface area contributed by atoms with Gasteiger partial charge in [0.05, 0.1) is 22.1 Å². The van der Waals surface area contributed by atoms with Gasteiger partial charge in [-0.2, -0.15) is 0 Å². The minimum atomic E-state index is 0.254. The van der Waals surface area contributed by atoms with E-state index >= 15 is 0 Å². The topological polar surface area (TPSA) is 56.3 Å². The van der Waals surface area contributed by atoms with Crippen LogP contribution in [0.3, 0.4) is 0 Å². The molecule has 0 atom stereocenters. The Labute approximate surface area is 214 Å². The highest BCUT2D eigenvalue weighted by molar-refractivity contribution is 6.32. The van der Waals surface area contributed by atoms with Gasteiger partial charge >= 0.3 is 0 Å². The number of benzene rings is 3. The number of anilines is 3. The predicted molar refractivity (Wildman–Crippen MR) is 152 cm³/mol. The maximum Gasteiger partial charge on any atom is 0.116 e. The van der Waals surface area contributed by atoms with Crippen LogP contribution in [0.2, 0.25) is 0 Å². The van der Waals surface area contributed by atoms with Gasteiger partial charge in [-0.15, -0.1) is 0 Å². The number of allylic oxidation sites excluding steroid dienone is 3. The largest absolute Gasteiger partial charge is 0.508 e. The molecule has 182 valence electrons. The number of phenolic OH excluding ortho intramolecular Hbond substituents is 1. The van der Waals surface area contributed by atoms with Gasteiger partial charge in [-0.25, -0.2) is 0 Å². The molecule has 5 heteroatoms. The van der Waals surface area contributed by atoms with E-state index in [1.807, 2.05) is 60.7 Å². The number of para-hydroxylation sites is 2. The van der Waals surface area contributed by atoms with E-state index in [0.717, 1.165) is 45.9 Å². The molecule has 0 aromatic heterocycles. The lowest BCUT2D eigenvalue weighted by Crippen LogP contribution is -2.12. The van der Waals surface area contributed by atoms with Gasteiger partial charge < -0.3 is 21.1 Å². The van der Waals surface area contributed by atoms with Gasteiger partial charge in [0.1, 0.15) is 5.75 Å². The molecule has 0 heterocycles. The number of aromatic hydroxyl groups is 1. The molecule has 4 N–H and O–H groups in total. The summed E-state index contributed by atoms with van der Waals surface area (Å²) in [6, 6.07) is 21.8. The zero-order chi connectivity index (χ0) is 25.4. The molecule has 0 spiro atoms. The Morgan fingerprint density at radius 2 is 1.74 bits per heavy atom. The highest BCUT2D eigenvalue weighted by atomic mass is 35.5. The zero-order valence-electron chi connectivity index (χ0n) is 20.8. The van der Waals surface area contributed by atoms with Crippen LogP contribution in [0.25, 0.3) is 11.1 Å². The van der Waals surface area contributed by atoms with Crippen molar-refractivity contribution in [2.45, 2.75) is 40.2 Å². The third kappa shape index (κ3) is 7.43. The second-order valence-electron chi connectivity index (χ2n) is 8.72. The first kappa shape index (κ1) is 26.0. The van der Waals surface area contributed by atoms with Crippen molar-refractivity contribution in [3.05, 3.63) is 107 Å². The van der Waals surface area contributed by atoms with Crippen LogP contribution in [0.4, 0.5) is 17.1 Å². The van der Waals surface area contributed by atoms with Crippen molar-refractivity contribution in [3.63, 3.8) is 0 Å². The van der Waals surface area contributed by atoms with Gasteiger partial charge in [-0.3, -0.25) is 0 Å². The zero-order valence-corrected chi connectivity index (χ0v) is 21.6. The van der Waals surface area contributed by atoms with E-state index < -0.39 is 0 Å². The number of phenols is 1. The van der Waals surface area contributed by atoms with Crippen molar-refractivity contribution >= 4 is 28.7 Å². The molecule has 0 bridgehead atoms. The van der Waals surface area contributed by atoms with E-state index in [9.17, 15) is 5.11 Å². The molecule has 0 saturated heterocycles. The molecular weight excluding hydrogens is 454 g/mol. The molecule has 0 aliphatic rings. The Bertz CT molecular complexity index is 1240. The normalized spacial score (nSPS) is 11.9. The molecule has 35 heavy (non-hydrogen) atoms. The molecule has 3 aromatic carbocycles. The Hall–Kier alpha value is -3.63. The number of aryl methyl sites for hydroxylation is 1. The molecule has 0 saturated carbocycles. The fraction of sp³-hybridized carbons (Fsp3) is 0.200. The summed E-state index contributed by atoms with van der Waals surface area (Å²) in [5, 5.41) is 20.8. The average Bonchev–Trinajstić information content (AvgIpc) is 2.79.